The number of fused-ring (bicyclic) bond motifs is 1. The number of piperidine rings is 1. The highest BCUT2D eigenvalue weighted by atomic mass is 16.5. The summed E-state index contributed by atoms with van der Waals surface area (Å²) in [6, 6.07) is 17.5. The van der Waals surface area contributed by atoms with Crippen LogP contribution < -0.4 is 15.8 Å². The average Bonchev–Trinajstić information content (AvgIpc) is 3.16. The van der Waals surface area contributed by atoms with Crippen LogP contribution in [0.2, 0.25) is 0 Å². The first kappa shape index (κ1) is 27.8. The fourth-order valence-corrected chi connectivity index (χ4v) is 4.99. The molecule has 1 fully saturated rings. The first-order chi connectivity index (χ1) is 18.5. The van der Waals surface area contributed by atoms with Gasteiger partial charge in [0.15, 0.2) is 0 Å². The summed E-state index contributed by atoms with van der Waals surface area (Å²) < 4.78 is 5.80. The van der Waals surface area contributed by atoms with E-state index in [0.717, 1.165) is 11.3 Å². The number of hydrogen-bond acceptors (Lipinski definition) is 7. The van der Waals surface area contributed by atoms with Gasteiger partial charge in [0.2, 0.25) is 11.8 Å². The summed E-state index contributed by atoms with van der Waals surface area (Å²) in [5.41, 5.74) is 6.06. The molecule has 10 nitrogen and oxygen atoms in total. The normalized spacial score (nSPS) is 19.6. The van der Waals surface area contributed by atoms with E-state index in [1.807, 2.05) is 30.3 Å². The number of nitrogens with zero attached hydrogens (tertiary/aromatic N) is 4. The van der Waals surface area contributed by atoms with Gasteiger partial charge in [0.1, 0.15) is 17.2 Å². The number of likely N-dealkylation sites (tertiary alicyclic amines) is 1. The van der Waals surface area contributed by atoms with Crippen molar-refractivity contribution < 1.29 is 19.1 Å². The van der Waals surface area contributed by atoms with Gasteiger partial charge in [-0.3, -0.25) is 14.4 Å². The van der Waals surface area contributed by atoms with Crippen LogP contribution >= 0.6 is 0 Å². The number of benzene rings is 2. The number of amides is 3. The van der Waals surface area contributed by atoms with Crippen LogP contribution in [0.25, 0.3) is 0 Å². The van der Waals surface area contributed by atoms with Crippen LogP contribution in [0.5, 0.6) is 5.75 Å². The molecule has 3 amide bonds. The molecule has 0 spiro atoms. The monoisotopic (exact) mass is 530 g/mol. The van der Waals surface area contributed by atoms with Crippen LogP contribution in [-0.2, 0) is 20.8 Å². The van der Waals surface area contributed by atoms with Crippen molar-refractivity contribution in [1.82, 2.24) is 15.2 Å². The first-order valence-electron chi connectivity index (χ1n) is 12.9. The summed E-state index contributed by atoms with van der Waals surface area (Å²) in [7, 11) is 1.64. The number of nitriles is 1. The second-order valence-corrected chi connectivity index (χ2v) is 10.7. The van der Waals surface area contributed by atoms with E-state index in [0.29, 0.717) is 30.7 Å². The minimum absolute atomic E-state index is 0.119. The number of nitrogens with one attached hydrogen (secondary N) is 1. The van der Waals surface area contributed by atoms with Gasteiger partial charge in [-0.05, 0) is 44.0 Å². The highest BCUT2D eigenvalue weighted by Crippen LogP contribution is 2.38. The van der Waals surface area contributed by atoms with Crippen LogP contribution in [0.15, 0.2) is 59.7 Å². The van der Waals surface area contributed by atoms with E-state index in [1.165, 1.54) is 5.01 Å². The van der Waals surface area contributed by atoms with Gasteiger partial charge in [-0.2, -0.15) is 10.4 Å². The van der Waals surface area contributed by atoms with E-state index in [4.69, 9.17) is 15.7 Å². The Morgan fingerprint density at radius 2 is 1.97 bits per heavy atom. The van der Waals surface area contributed by atoms with E-state index in [2.05, 4.69) is 16.5 Å². The van der Waals surface area contributed by atoms with Gasteiger partial charge in [-0.15, -0.1) is 0 Å². The molecule has 0 aromatic heterocycles. The van der Waals surface area contributed by atoms with Gasteiger partial charge in [0.25, 0.3) is 5.91 Å². The molecule has 39 heavy (non-hydrogen) atoms. The predicted octanol–water partition coefficient (Wildman–Crippen LogP) is 1.84. The largest absolute Gasteiger partial charge is 0.493 e. The lowest BCUT2D eigenvalue weighted by Gasteiger charge is -2.41. The molecule has 1 unspecified atom stereocenters. The molecule has 0 bridgehead atoms. The summed E-state index contributed by atoms with van der Waals surface area (Å²) in [6.45, 7) is 3.79. The molecule has 1 saturated heterocycles. The summed E-state index contributed by atoms with van der Waals surface area (Å²) in [4.78, 5) is 41.8. The Labute approximate surface area is 228 Å². The zero-order valence-electron chi connectivity index (χ0n) is 22.5. The molecule has 4 rings (SSSR count). The number of nitrogens with two attached hydrogens (primary N) is 1. The molecule has 2 aliphatic heterocycles. The second kappa shape index (κ2) is 11.3. The maximum atomic E-state index is 13.9. The average molecular weight is 531 g/mol. The number of hydrogen-bond donors (Lipinski definition) is 2. The maximum Gasteiger partial charge on any atom is 0.256 e. The predicted molar refractivity (Wildman–Crippen MR) is 145 cm³/mol. The molecule has 2 heterocycles. The summed E-state index contributed by atoms with van der Waals surface area (Å²) >= 11 is 0. The highest BCUT2D eigenvalue weighted by molar-refractivity contribution is 6.13. The van der Waals surface area contributed by atoms with Crippen molar-refractivity contribution in [1.29, 1.82) is 5.26 Å². The molecule has 10 heteroatoms. The van der Waals surface area contributed by atoms with Crippen molar-refractivity contribution in [2.75, 3.05) is 26.7 Å². The van der Waals surface area contributed by atoms with E-state index < -0.39 is 22.9 Å². The van der Waals surface area contributed by atoms with Crippen molar-refractivity contribution in [2.24, 2.45) is 16.3 Å². The van der Waals surface area contributed by atoms with Crippen molar-refractivity contribution in [3.63, 3.8) is 0 Å². The van der Waals surface area contributed by atoms with E-state index >= 15 is 0 Å². The quantitative estimate of drug-likeness (QED) is 0.507. The number of rotatable bonds is 9. The Kier molecular flexibility index (Phi) is 8.02. The fourth-order valence-electron chi connectivity index (χ4n) is 4.99. The molecular weight excluding hydrogens is 496 g/mol. The smallest absolute Gasteiger partial charge is 0.256 e. The van der Waals surface area contributed by atoms with Gasteiger partial charge < -0.3 is 20.7 Å². The lowest BCUT2D eigenvalue weighted by molar-refractivity contribution is -0.142. The maximum absolute atomic E-state index is 13.9. The third-order valence-electron chi connectivity index (χ3n) is 7.09. The Morgan fingerprint density at radius 3 is 2.67 bits per heavy atom. The zero-order chi connectivity index (χ0) is 28.2. The second-order valence-electron chi connectivity index (χ2n) is 10.7. The van der Waals surface area contributed by atoms with Crippen molar-refractivity contribution in [3.05, 3.63) is 65.7 Å². The minimum Gasteiger partial charge on any atom is -0.493 e. The van der Waals surface area contributed by atoms with Gasteiger partial charge >= 0.3 is 0 Å². The molecule has 2 atom stereocenters. The third kappa shape index (κ3) is 6.10. The van der Waals surface area contributed by atoms with Crippen LogP contribution in [-0.4, -0.2) is 71.7 Å². The van der Waals surface area contributed by atoms with Gasteiger partial charge in [-0.25, -0.2) is 5.01 Å². The van der Waals surface area contributed by atoms with E-state index in [-0.39, 0.29) is 31.4 Å². The number of ether oxygens (including phenoxy) is 1. The summed E-state index contributed by atoms with van der Waals surface area (Å²) in [5.74, 6) is -0.438. The third-order valence-corrected chi connectivity index (χ3v) is 7.09. The molecule has 2 aromatic carbocycles. The van der Waals surface area contributed by atoms with Crippen LogP contribution in [0.1, 0.15) is 37.8 Å². The first-order valence-corrected chi connectivity index (χ1v) is 12.9. The Balaban J connectivity index is 1.54. The molecule has 3 N–H and O–H groups in total. The number of carbonyl (C=O) groups is 3. The molecule has 0 saturated carbocycles. The molecule has 2 aromatic rings. The standard InChI is InChI=1S/C29H34N6O4/c1-28(2,31)26(37)32-23(13-15-39-22-11-7-10-21(16-22)18-30)25(36)35-14-12-24-29(19-35,27(38)34(3)33-24)17-20-8-5-4-6-9-20/h4-11,16,23H,12-15,17,19,31H2,1-3H3,(H,32,37)/t23?,29-/m1/s1. The lowest BCUT2D eigenvalue weighted by atomic mass is 9.73. The lowest BCUT2D eigenvalue weighted by Crippen LogP contribution is -2.61. The Bertz CT molecular complexity index is 1310. The van der Waals surface area contributed by atoms with E-state index in [1.54, 1.807) is 50.1 Å². The Morgan fingerprint density at radius 1 is 1.23 bits per heavy atom. The minimum atomic E-state index is -1.19. The molecule has 0 aliphatic carbocycles. The molecule has 0 radical (unpaired) electrons. The van der Waals surface area contributed by atoms with Gasteiger partial charge in [-0.1, -0.05) is 36.4 Å². The fraction of sp³-hybridized carbons (Fsp3) is 0.414. The zero-order valence-corrected chi connectivity index (χ0v) is 22.5. The summed E-state index contributed by atoms with van der Waals surface area (Å²) in [5, 5.41) is 17.8. The number of hydrazone groups is 1. The van der Waals surface area contributed by atoms with Crippen LogP contribution in [0.4, 0.5) is 0 Å². The van der Waals surface area contributed by atoms with Crippen LogP contribution in [0.3, 0.4) is 0 Å². The van der Waals surface area contributed by atoms with E-state index in [9.17, 15) is 14.4 Å². The number of carbonyl (C=O) groups excluding carboxylic acids is 3. The molecule has 2 aliphatic rings. The Hall–Kier alpha value is -4.23. The summed E-state index contributed by atoms with van der Waals surface area (Å²) in [6.07, 6.45) is 1.05. The topological polar surface area (TPSA) is 141 Å². The van der Waals surface area contributed by atoms with Crippen molar-refractivity contribution in [2.45, 2.75) is 44.7 Å². The molecule has 204 valence electrons. The van der Waals surface area contributed by atoms with Crippen LogP contribution in [0, 0.1) is 16.7 Å². The molecular formula is C29H34N6O4. The van der Waals surface area contributed by atoms with Crippen molar-refractivity contribution in [3.8, 4) is 11.8 Å². The van der Waals surface area contributed by atoms with Gasteiger partial charge in [0, 0.05) is 33.0 Å². The van der Waals surface area contributed by atoms with Gasteiger partial charge in [0.05, 0.1) is 29.5 Å². The van der Waals surface area contributed by atoms with Crippen molar-refractivity contribution >= 4 is 23.4 Å². The SMILES string of the molecule is CN1N=C2CCN(C(=O)C(CCOc3cccc(C#N)c3)NC(=O)C(C)(C)N)C[C@@]2(Cc2ccccc2)C1=O. The highest BCUT2D eigenvalue weighted by Gasteiger charge is 2.53.